The number of carbonyl (C=O) groups is 1. The molecular formula is C22H23N5O2P-. The molecule has 7 nitrogen and oxygen atoms in total. The number of hydrogen-bond donors (Lipinski definition) is 0. The molecule has 2 aromatic rings. The average Bonchev–Trinajstić information content (AvgIpc) is 3.34. The third-order valence-electron chi connectivity index (χ3n) is 5.61. The largest absolute Gasteiger partial charge is 0.759 e. The van der Waals surface area contributed by atoms with Crippen molar-refractivity contribution >= 4 is 25.3 Å². The zero-order valence-electron chi connectivity index (χ0n) is 17.0. The molecule has 2 aliphatic rings. The van der Waals surface area contributed by atoms with E-state index in [2.05, 4.69) is 45.9 Å². The van der Waals surface area contributed by atoms with Crippen molar-refractivity contribution in [2.45, 2.75) is 32.7 Å². The molecule has 154 valence electrons. The molecule has 4 rings (SSSR count). The van der Waals surface area contributed by atoms with Crippen LogP contribution in [0.5, 0.6) is 0 Å². The lowest BCUT2D eigenvalue weighted by atomic mass is 9.89. The average molecular weight is 420 g/mol. The van der Waals surface area contributed by atoms with Crippen molar-refractivity contribution in [1.82, 2.24) is 20.1 Å². The Morgan fingerprint density at radius 3 is 2.90 bits per heavy atom. The smallest absolute Gasteiger partial charge is 0.266 e. The maximum Gasteiger partial charge on any atom is 0.266 e. The third-order valence-corrected chi connectivity index (χ3v) is 6.24. The minimum absolute atomic E-state index is 0.0772. The van der Waals surface area contributed by atoms with Crippen LogP contribution in [0.25, 0.3) is 22.6 Å². The first-order valence-electron chi connectivity index (χ1n) is 10.1. The van der Waals surface area contributed by atoms with Gasteiger partial charge < -0.3 is 14.7 Å². The van der Waals surface area contributed by atoms with Crippen LogP contribution in [0, 0.1) is 18.8 Å². The SMILES string of the molecule is Cc1nnc(-c2ccc(C3=CC(C)C(N4CC(CCP=C=[N-])CC4=O)C=C3)cn2)o1. The Labute approximate surface area is 177 Å². The summed E-state index contributed by atoms with van der Waals surface area (Å²) in [6.45, 7) is 4.67. The number of allylic oxidation sites excluding steroid dienone is 2. The van der Waals surface area contributed by atoms with Crippen molar-refractivity contribution in [3.8, 4) is 11.6 Å². The lowest BCUT2D eigenvalue weighted by Crippen LogP contribution is -2.40. The molecule has 0 aromatic carbocycles. The highest BCUT2D eigenvalue weighted by atomic mass is 31.1. The van der Waals surface area contributed by atoms with E-state index in [1.165, 1.54) is 0 Å². The van der Waals surface area contributed by atoms with Gasteiger partial charge >= 0.3 is 0 Å². The van der Waals surface area contributed by atoms with Gasteiger partial charge in [0.1, 0.15) is 5.69 Å². The molecule has 0 bridgehead atoms. The Kier molecular flexibility index (Phi) is 6.03. The molecule has 3 heterocycles. The summed E-state index contributed by atoms with van der Waals surface area (Å²) in [4.78, 5) is 19.0. The molecule has 1 amide bonds. The van der Waals surface area contributed by atoms with E-state index in [1.807, 2.05) is 23.2 Å². The molecule has 2 aromatic heterocycles. The van der Waals surface area contributed by atoms with Gasteiger partial charge in [0.05, 0.1) is 6.04 Å². The third kappa shape index (κ3) is 4.33. The predicted molar refractivity (Wildman–Crippen MR) is 117 cm³/mol. The summed E-state index contributed by atoms with van der Waals surface area (Å²) in [5.74, 6) is 1.71. The lowest BCUT2D eigenvalue weighted by molar-refractivity contribution is -0.129. The second kappa shape index (κ2) is 8.86. The van der Waals surface area contributed by atoms with Crippen LogP contribution >= 0.6 is 8.20 Å². The standard InChI is InChI=1S/C22H23N5O2P/c1-14-9-17(18-3-5-19(24-11-18)22-26-25-15(2)29-22)4-6-20(14)27-12-16(10-21(27)28)7-8-30-13-23/h3-6,9,11,14,16,20H,7-8,10,12H2,1-2H3/q-1. The maximum atomic E-state index is 12.6. The van der Waals surface area contributed by atoms with Crippen LogP contribution in [0.1, 0.15) is 31.2 Å². The first-order chi connectivity index (χ1) is 14.5. The van der Waals surface area contributed by atoms with E-state index in [0.717, 1.165) is 38.5 Å². The number of aryl methyl sites for hydroxylation is 1. The Morgan fingerprint density at radius 2 is 2.23 bits per heavy atom. The summed E-state index contributed by atoms with van der Waals surface area (Å²) in [5.41, 5.74) is 4.91. The van der Waals surface area contributed by atoms with Crippen molar-refractivity contribution in [3.63, 3.8) is 0 Å². The molecule has 8 heteroatoms. The summed E-state index contributed by atoms with van der Waals surface area (Å²) in [7, 11) is 0.798. The van der Waals surface area contributed by atoms with E-state index in [0.29, 0.717) is 29.8 Å². The number of hydrogen-bond acceptors (Lipinski definition) is 5. The second-order valence-corrected chi connectivity index (χ2v) is 8.74. The zero-order valence-corrected chi connectivity index (χ0v) is 17.9. The fourth-order valence-corrected chi connectivity index (χ4v) is 4.67. The van der Waals surface area contributed by atoms with Gasteiger partial charge in [0, 0.05) is 26.1 Å². The van der Waals surface area contributed by atoms with Crippen molar-refractivity contribution in [2.75, 3.05) is 12.7 Å². The fourth-order valence-electron chi connectivity index (χ4n) is 4.07. The topological polar surface area (TPSA) is 94.4 Å². The van der Waals surface area contributed by atoms with Crippen LogP contribution in [0.3, 0.4) is 0 Å². The first-order valence-corrected chi connectivity index (χ1v) is 11.1. The molecule has 1 aliphatic heterocycles. The normalized spacial score (nSPS) is 23.7. The minimum Gasteiger partial charge on any atom is -0.759 e. The zero-order chi connectivity index (χ0) is 21.1. The van der Waals surface area contributed by atoms with Gasteiger partial charge in [0.2, 0.25) is 11.8 Å². The lowest BCUT2D eigenvalue weighted by Gasteiger charge is -2.32. The monoisotopic (exact) mass is 420 g/mol. The number of rotatable bonds is 6. The predicted octanol–water partition coefficient (Wildman–Crippen LogP) is 4.06. The van der Waals surface area contributed by atoms with Gasteiger partial charge in [-0.1, -0.05) is 39.4 Å². The summed E-state index contributed by atoms with van der Waals surface area (Å²) in [6, 6.07) is 3.95. The Balaban J connectivity index is 1.43. The number of pyridine rings is 1. The Bertz CT molecular complexity index is 1040. The summed E-state index contributed by atoms with van der Waals surface area (Å²) in [5, 5.41) is 16.5. The molecule has 0 radical (unpaired) electrons. The molecule has 3 unspecified atom stereocenters. The van der Waals surface area contributed by atoms with Gasteiger partial charge in [-0.25, -0.2) is 5.59 Å². The van der Waals surface area contributed by atoms with Crippen LogP contribution in [-0.2, 0) is 4.79 Å². The van der Waals surface area contributed by atoms with E-state index in [1.54, 1.807) is 6.92 Å². The Morgan fingerprint density at radius 1 is 1.37 bits per heavy atom. The number of likely N-dealkylation sites (tertiary alicyclic amines) is 1. The van der Waals surface area contributed by atoms with Crippen molar-refractivity contribution in [1.29, 1.82) is 0 Å². The molecule has 1 fully saturated rings. The minimum atomic E-state index is 0.0772. The molecule has 3 atom stereocenters. The van der Waals surface area contributed by atoms with E-state index < -0.39 is 0 Å². The van der Waals surface area contributed by atoms with Crippen molar-refractivity contribution in [2.24, 2.45) is 11.8 Å². The van der Waals surface area contributed by atoms with Crippen LogP contribution in [0.2, 0.25) is 0 Å². The molecule has 1 saturated heterocycles. The summed E-state index contributed by atoms with van der Waals surface area (Å²) < 4.78 is 5.43. The number of carbonyl (C=O) groups excluding carboxylic acids is 1. The molecule has 0 N–H and O–H groups in total. The molecule has 0 spiro atoms. The highest BCUT2D eigenvalue weighted by Gasteiger charge is 2.35. The highest BCUT2D eigenvalue weighted by Crippen LogP contribution is 2.32. The molecule has 30 heavy (non-hydrogen) atoms. The van der Waals surface area contributed by atoms with Crippen LogP contribution in [0.4, 0.5) is 0 Å². The van der Waals surface area contributed by atoms with Crippen molar-refractivity contribution in [3.05, 3.63) is 53.4 Å². The summed E-state index contributed by atoms with van der Waals surface area (Å²) >= 11 is 0. The van der Waals surface area contributed by atoms with Crippen LogP contribution < -0.4 is 0 Å². The van der Waals surface area contributed by atoms with Gasteiger partial charge in [0.15, 0.2) is 0 Å². The molecular weight excluding hydrogens is 397 g/mol. The van der Waals surface area contributed by atoms with Gasteiger partial charge in [0.25, 0.3) is 5.89 Å². The van der Waals surface area contributed by atoms with E-state index >= 15 is 0 Å². The quantitative estimate of drug-likeness (QED) is 0.519. The van der Waals surface area contributed by atoms with Crippen LogP contribution in [0.15, 0.2) is 41.0 Å². The number of amides is 1. The summed E-state index contributed by atoms with van der Waals surface area (Å²) in [6.07, 6.45) is 10.6. The van der Waals surface area contributed by atoms with Gasteiger partial charge in [-0.05, 0) is 41.6 Å². The number of aromatic nitrogens is 3. The van der Waals surface area contributed by atoms with Crippen LogP contribution in [-0.4, -0.2) is 50.3 Å². The van der Waals surface area contributed by atoms with Gasteiger partial charge in [-0.2, -0.15) is 0 Å². The molecule has 1 aliphatic carbocycles. The van der Waals surface area contributed by atoms with E-state index in [-0.39, 0.29) is 17.9 Å². The highest BCUT2D eigenvalue weighted by molar-refractivity contribution is 7.37. The number of nitrogens with zero attached hydrogens (tertiary/aromatic N) is 5. The first kappa shape index (κ1) is 20.4. The second-order valence-electron chi connectivity index (χ2n) is 7.78. The molecule has 0 saturated carbocycles. The Hall–Kier alpha value is -2.88. The van der Waals surface area contributed by atoms with E-state index in [4.69, 9.17) is 9.83 Å². The fraction of sp³-hybridized carbons (Fsp3) is 0.409. The van der Waals surface area contributed by atoms with Gasteiger partial charge in [-0.15, -0.1) is 10.2 Å². The van der Waals surface area contributed by atoms with Gasteiger partial charge in [-0.3, -0.25) is 9.78 Å². The van der Waals surface area contributed by atoms with E-state index in [9.17, 15) is 4.79 Å². The maximum absolute atomic E-state index is 12.6. The van der Waals surface area contributed by atoms with Crippen molar-refractivity contribution < 1.29 is 9.21 Å².